The Balaban J connectivity index is 2.37. The summed E-state index contributed by atoms with van der Waals surface area (Å²) in [4.78, 5) is 33.9. The van der Waals surface area contributed by atoms with Crippen molar-refractivity contribution >= 4 is 39.9 Å². The van der Waals surface area contributed by atoms with Crippen molar-refractivity contribution < 1.29 is 14.3 Å². The highest BCUT2D eigenvalue weighted by molar-refractivity contribution is 6.11. The molecule has 0 saturated carbocycles. The molecule has 2 heterocycles. The molecular formula is C19H20N4O3. The molecule has 7 heteroatoms. The lowest BCUT2D eigenvalue weighted by molar-refractivity contribution is -0.115. The smallest absolute Gasteiger partial charge is 0.344 e. The van der Waals surface area contributed by atoms with Gasteiger partial charge in [-0.2, -0.15) is 0 Å². The van der Waals surface area contributed by atoms with Gasteiger partial charge in [-0.1, -0.05) is 25.1 Å². The van der Waals surface area contributed by atoms with Crippen molar-refractivity contribution in [3.63, 3.8) is 0 Å². The van der Waals surface area contributed by atoms with Crippen molar-refractivity contribution in [2.45, 2.75) is 26.8 Å². The largest absolute Gasteiger partial charge is 0.462 e. The third-order valence-corrected chi connectivity index (χ3v) is 3.92. The zero-order valence-corrected chi connectivity index (χ0v) is 14.8. The van der Waals surface area contributed by atoms with E-state index in [4.69, 9.17) is 4.74 Å². The molecule has 0 fully saturated rings. The molecule has 0 spiro atoms. The first-order chi connectivity index (χ1) is 12.6. The highest BCUT2D eigenvalue weighted by Crippen LogP contribution is 2.30. The normalized spacial score (nSPS) is 10.8. The average molecular weight is 352 g/mol. The molecule has 0 aliphatic heterocycles. The fourth-order valence-electron chi connectivity index (χ4n) is 2.75. The Morgan fingerprint density at radius 2 is 1.92 bits per heavy atom. The van der Waals surface area contributed by atoms with E-state index in [-0.39, 0.29) is 24.5 Å². The van der Waals surface area contributed by atoms with Crippen molar-refractivity contribution in [3.8, 4) is 0 Å². The van der Waals surface area contributed by atoms with Crippen LogP contribution < -0.4 is 5.32 Å². The fraction of sp³-hybridized carbons (Fsp3) is 0.263. The van der Waals surface area contributed by atoms with E-state index in [0.717, 1.165) is 0 Å². The maximum atomic E-state index is 12.6. The zero-order chi connectivity index (χ0) is 18.7. The number of allylic oxidation sites excluding steroid dienone is 1. The second-order valence-corrected chi connectivity index (χ2v) is 5.63. The number of nitrogens with one attached hydrogen (secondary N) is 1. The van der Waals surface area contributed by atoms with E-state index < -0.39 is 5.97 Å². The Morgan fingerprint density at radius 3 is 2.54 bits per heavy atom. The second-order valence-electron chi connectivity index (χ2n) is 5.63. The molecule has 2 aromatic heterocycles. The molecule has 0 saturated heterocycles. The van der Waals surface area contributed by atoms with Gasteiger partial charge in [0, 0.05) is 13.0 Å². The summed E-state index contributed by atoms with van der Waals surface area (Å²) in [7, 11) is 0. The summed E-state index contributed by atoms with van der Waals surface area (Å²) < 4.78 is 6.92. The molecule has 3 rings (SSSR count). The molecule has 1 aromatic carbocycles. The van der Waals surface area contributed by atoms with Crippen molar-refractivity contribution in [1.82, 2.24) is 14.5 Å². The van der Waals surface area contributed by atoms with Crippen LogP contribution in [0.2, 0.25) is 0 Å². The Bertz CT molecular complexity index is 1010. The highest BCUT2D eigenvalue weighted by atomic mass is 16.5. The molecule has 0 aliphatic rings. The highest BCUT2D eigenvalue weighted by Gasteiger charge is 2.27. The molecule has 3 aromatic rings. The van der Waals surface area contributed by atoms with Gasteiger partial charge < -0.3 is 14.6 Å². The van der Waals surface area contributed by atoms with Crippen LogP contribution in [0.15, 0.2) is 36.9 Å². The van der Waals surface area contributed by atoms with E-state index >= 15 is 0 Å². The summed E-state index contributed by atoms with van der Waals surface area (Å²) in [5.74, 6) is -0.426. The van der Waals surface area contributed by atoms with E-state index in [0.29, 0.717) is 34.6 Å². The number of benzene rings is 1. The van der Waals surface area contributed by atoms with Gasteiger partial charge in [-0.05, 0) is 19.1 Å². The van der Waals surface area contributed by atoms with Gasteiger partial charge in [0.25, 0.3) is 0 Å². The standard InChI is InChI=1S/C19H20N4O3/c1-4-11-23-17(22-14(24)5-2)15(19(25)26-6-3)16-18(23)21-13-10-8-7-9-12(13)20-16/h4,7-10H,1,5-6,11H2,2-3H3,(H,22,24). The Labute approximate surface area is 150 Å². The van der Waals surface area contributed by atoms with Crippen molar-refractivity contribution in [2.75, 3.05) is 11.9 Å². The van der Waals surface area contributed by atoms with Gasteiger partial charge in [0.05, 0.1) is 17.6 Å². The number of para-hydroxylation sites is 2. The third kappa shape index (κ3) is 3.03. The van der Waals surface area contributed by atoms with Crippen molar-refractivity contribution in [1.29, 1.82) is 0 Å². The number of rotatable bonds is 6. The first kappa shape index (κ1) is 17.6. The van der Waals surface area contributed by atoms with E-state index in [1.165, 1.54) is 0 Å². The molecule has 0 aliphatic carbocycles. The van der Waals surface area contributed by atoms with Crippen molar-refractivity contribution in [3.05, 3.63) is 42.5 Å². The van der Waals surface area contributed by atoms with Crippen LogP contribution in [-0.4, -0.2) is 33.0 Å². The molecule has 7 nitrogen and oxygen atoms in total. The monoisotopic (exact) mass is 352 g/mol. The van der Waals surface area contributed by atoms with Gasteiger partial charge in [-0.15, -0.1) is 6.58 Å². The molecule has 0 unspecified atom stereocenters. The average Bonchev–Trinajstić information content (AvgIpc) is 2.93. The Kier molecular flexibility index (Phi) is 4.97. The Morgan fingerprint density at radius 1 is 1.23 bits per heavy atom. The lowest BCUT2D eigenvalue weighted by Gasteiger charge is -2.10. The Hall–Kier alpha value is -3.22. The van der Waals surface area contributed by atoms with E-state index in [9.17, 15) is 9.59 Å². The SMILES string of the molecule is C=CCn1c(NC(=O)CC)c(C(=O)OCC)c2nc3ccccc3nc21. The minimum absolute atomic E-state index is 0.212. The summed E-state index contributed by atoms with van der Waals surface area (Å²) >= 11 is 0. The molecule has 0 radical (unpaired) electrons. The molecule has 134 valence electrons. The number of nitrogens with zero attached hydrogens (tertiary/aromatic N) is 3. The van der Waals surface area contributed by atoms with Gasteiger partial charge in [-0.3, -0.25) is 4.79 Å². The summed E-state index contributed by atoms with van der Waals surface area (Å²) in [5.41, 5.74) is 2.47. The number of carbonyl (C=O) groups excluding carboxylic acids is 2. The van der Waals surface area contributed by atoms with E-state index in [1.54, 1.807) is 24.5 Å². The number of aromatic nitrogens is 3. The van der Waals surface area contributed by atoms with Crippen LogP contribution in [0.4, 0.5) is 5.82 Å². The molecule has 26 heavy (non-hydrogen) atoms. The van der Waals surface area contributed by atoms with Gasteiger partial charge >= 0.3 is 5.97 Å². The fourth-order valence-corrected chi connectivity index (χ4v) is 2.75. The second kappa shape index (κ2) is 7.35. The molecule has 0 bridgehead atoms. The molecular weight excluding hydrogens is 332 g/mol. The van der Waals surface area contributed by atoms with E-state index in [1.807, 2.05) is 24.3 Å². The quantitative estimate of drug-likeness (QED) is 0.543. The van der Waals surface area contributed by atoms with Crippen molar-refractivity contribution in [2.24, 2.45) is 0 Å². The number of amides is 1. The molecule has 1 N–H and O–H groups in total. The van der Waals surface area contributed by atoms with Gasteiger partial charge in [0.15, 0.2) is 5.65 Å². The van der Waals surface area contributed by atoms with Crippen LogP contribution in [-0.2, 0) is 16.1 Å². The van der Waals surface area contributed by atoms with Crippen LogP contribution in [0.25, 0.3) is 22.2 Å². The topological polar surface area (TPSA) is 86.1 Å². The van der Waals surface area contributed by atoms with Gasteiger partial charge in [0.2, 0.25) is 5.91 Å². The lowest BCUT2D eigenvalue weighted by atomic mass is 10.2. The van der Waals surface area contributed by atoms with Crippen LogP contribution in [0.3, 0.4) is 0 Å². The maximum absolute atomic E-state index is 12.6. The summed E-state index contributed by atoms with van der Waals surface area (Å²) in [6.07, 6.45) is 1.95. The minimum atomic E-state index is -0.545. The van der Waals surface area contributed by atoms with Crippen LogP contribution in [0.1, 0.15) is 30.6 Å². The number of esters is 1. The maximum Gasteiger partial charge on any atom is 0.344 e. The number of hydrogen-bond donors (Lipinski definition) is 1. The number of hydrogen-bond acceptors (Lipinski definition) is 5. The predicted octanol–water partition coefficient (Wildman–Crippen LogP) is 3.30. The third-order valence-electron chi connectivity index (χ3n) is 3.92. The lowest BCUT2D eigenvalue weighted by Crippen LogP contribution is -2.17. The van der Waals surface area contributed by atoms with Crippen LogP contribution >= 0.6 is 0 Å². The van der Waals surface area contributed by atoms with Crippen LogP contribution in [0, 0.1) is 0 Å². The summed E-state index contributed by atoms with van der Waals surface area (Å²) in [6.45, 7) is 7.81. The predicted molar refractivity (Wildman–Crippen MR) is 100 cm³/mol. The number of fused-ring (bicyclic) bond motifs is 2. The number of carbonyl (C=O) groups is 2. The van der Waals surface area contributed by atoms with Gasteiger partial charge in [-0.25, -0.2) is 14.8 Å². The van der Waals surface area contributed by atoms with Crippen LogP contribution in [0.5, 0.6) is 0 Å². The summed E-state index contributed by atoms with van der Waals surface area (Å²) in [5, 5.41) is 2.79. The number of anilines is 1. The number of ether oxygens (including phenoxy) is 1. The molecule has 0 atom stereocenters. The van der Waals surface area contributed by atoms with E-state index in [2.05, 4.69) is 21.9 Å². The first-order valence-electron chi connectivity index (χ1n) is 8.47. The summed E-state index contributed by atoms with van der Waals surface area (Å²) in [6, 6.07) is 7.40. The molecule has 1 amide bonds. The minimum Gasteiger partial charge on any atom is -0.462 e. The zero-order valence-electron chi connectivity index (χ0n) is 14.8. The van der Waals surface area contributed by atoms with Gasteiger partial charge in [0.1, 0.15) is 16.9 Å². The first-order valence-corrected chi connectivity index (χ1v) is 8.47.